The summed E-state index contributed by atoms with van der Waals surface area (Å²) in [5.74, 6) is 0.666. The molecule has 0 bridgehead atoms. The van der Waals surface area contributed by atoms with Crippen LogP contribution in [0.3, 0.4) is 0 Å². The second-order valence-electron chi connectivity index (χ2n) is 4.45. The van der Waals surface area contributed by atoms with E-state index in [1.54, 1.807) is 6.07 Å². The molecular formula is C13H18O3. The molecule has 16 heavy (non-hydrogen) atoms. The van der Waals surface area contributed by atoms with Crippen LogP contribution in [-0.2, 0) is 5.41 Å². The molecule has 1 saturated carbocycles. The van der Waals surface area contributed by atoms with Gasteiger partial charge in [0.25, 0.3) is 0 Å². The molecule has 2 N–H and O–H groups in total. The van der Waals surface area contributed by atoms with Crippen LogP contribution in [0, 0.1) is 0 Å². The van der Waals surface area contributed by atoms with Gasteiger partial charge in [-0.15, -0.1) is 0 Å². The SMILES string of the molecule is CCOc1cc(C2(C(C)O)CC2)ccc1O. The molecule has 0 amide bonds. The number of aromatic hydroxyl groups is 1. The third-order valence-electron chi connectivity index (χ3n) is 3.42. The van der Waals surface area contributed by atoms with Gasteiger partial charge in [-0.3, -0.25) is 0 Å². The molecule has 1 aromatic carbocycles. The second kappa shape index (κ2) is 3.98. The number of aliphatic hydroxyl groups is 1. The molecule has 0 aliphatic heterocycles. The first-order valence-corrected chi connectivity index (χ1v) is 5.74. The van der Waals surface area contributed by atoms with Crippen molar-refractivity contribution in [2.75, 3.05) is 6.61 Å². The first-order valence-electron chi connectivity index (χ1n) is 5.74. The van der Waals surface area contributed by atoms with Crippen LogP contribution in [-0.4, -0.2) is 22.9 Å². The molecule has 2 rings (SSSR count). The van der Waals surface area contributed by atoms with E-state index < -0.39 is 0 Å². The minimum atomic E-state index is -0.355. The van der Waals surface area contributed by atoms with Gasteiger partial charge in [-0.05, 0) is 44.4 Å². The Morgan fingerprint density at radius 3 is 2.62 bits per heavy atom. The predicted molar refractivity (Wildman–Crippen MR) is 61.9 cm³/mol. The van der Waals surface area contributed by atoms with Crippen LogP contribution in [0.25, 0.3) is 0 Å². The molecule has 3 nitrogen and oxygen atoms in total. The van der Waals surface area contributed by atoms with Gasteiger partial charge in [0.05, 0.1) is 12.7 Å². The van der Waals surface area contributed by atoms with E-state index in [4.69, 9.17) is 4.74 Å². The Hall–Kier alpha value is -1.22. The van der Waals surface area contributed by atoms with Crippen LogP contribution >= 0.6 is 0 Å². The fourth-order valence-electron chi connectivity index (χ4n) is 2.18. The normalized spacial score (nSPS) is 19.2. The highest BCUT2D eigenvalue weighted by atomic mass is 16.5. The van der Waals surface area contributed by atoms with Gasteiger partial charge in [0, 0.05) is 5.41 Å². The topological polar surface area (TPSA) is 49.7 Å². The van der Waals surface area contributed by atoms with Crippen molar-refractivity contribution in [3.8, 4) is 11.5 Å². The van der Waals surface area contributed by atoms with E-state index in [0.29, 0.717) is 12.4 Å². The number of phenolic OH excluding ortho intramolecular Hbond substituents is 1. The predicted octanol–water partition coefficient (Wildman–Crippen LogP) is 2.20. The summed E-state index contributed by atoms with van der Waals surface area (Å²) < 4.78 is 5.35. The Balaban J connectivity index is 2.33. The largest absolute Gasteiger partial charge is 0.504 e. The molecule has 0 saturated heterocycles. The summed E-state index contributed by atoms with van der Waals surface area (Å²) in [6.45, 7) is 4.23. The minimum Gasteiger partial charge on any atom is -0.504 e. The van der Waals surface area contributed by atoms with E-state index in [1.165, 1.54) is 0 Å². The number of hydrogen-bond donors (Lipinski definition) is 2. The molecule has 0 spiro atoms. The zero-order valence-electron chi connectivity index (χ0n) is 9.73. The van der Waals surface area contributed by atoms with E-state index in [-0.39, 0.29) is 17.3 Å². The van der Waals surface area contributed by atoms with Crippen LogP contribution in [0.15, 0.2) is 18.2 Å². The molecule has 3 heteroatoms. The standard InChI is InChI=1S/C13H18O3/c1-3-16-12-8-10(4-5-11(12)15)13(6-7-13)9(2)14/h4-5,8-9,14-15H,3,6-7H2,1-2H3. The van der Waals surface area contributed by atoms with Crippen molar-refractivity contribution in [2.45, 2.75) is 38.2 Å². The summed E-state index contributed by atoms with van der Waals surface area (Å²) in [6, 6.07) is 5.36. The van der Waals surface area contributed by atoms with Crippen LogP contribution in [0.1, 0.15) is 32.3 Å². The minimum absolute atomic E-state index is 0.112. The van der Waals surface area contributed by atoms with Crippen molar-refractivity contribution in [2.24, 2.45) is 0 Å². The van der Waals surface area contributed by atoms with Gasteiger partial charge in [-0.25, -0.2) is 0 Å². The van der Waals surface area contributed by atoms with Crippen molar-refractivity contribution >= 4 is 0 Å². The molecule has 0 aromatic heterocycles. The fourth-order valence-corrected chi connectivity index (χ4v) is 2.18. The Bertz CT molecular complexity index is 381. The summed E-state index contributed by atoms with van der Waals surface area (Å²) in [4.78, 5) is 0. The molecule has 1 aliphatic rings. The maximum Gasteiger partial charge on any atom is 0.161 e. The summed E-state index contributed by atoms with van der Waals surface area (Å²) in [5.41, 5.74) is 0.947. The van der Waals surface area contributed by atoms with Crippen LogP contribution in [0.5, 0.6) is 11.5 Å². The highest BCUT2D eigenvalue weighted by Gasteiger charge is 2.48. The lowest BCUT2D eigenvalue weighted by Crippen LogP contribution is -2.22. The van der Waals surface area contributed by atoms with E-state index in [1.807, 2.05) is 26.0 Å². The van der Waals surface area contributed by atoms with Crippen molar-refractivity contribution < 1.29 is 14.9 Å². The highest BCUT2D eigenvalue weighted by Crippen LogP contribution is 2.52. The van der Waals surface area contributed by atoms with E-state index in [2.05, 4.69) is 0 Å². The number of ether oxygens (including phenoxy) is 1. The average molecular weight is 222 g/mol. The van der Waals surface area contributed by atoms with E-state index >= 15 is 0 Å². The quantitative estimate of drug-likeness (QED) is 0.821. The summed E-state index contributed by atoms with van der Waals surface area (Å²) >= 11 is 0. The molecular weight excluding hydrogens is 204 g/mol. The van der Waals surface area contributed by atoms with Gasteiger partial charge in [0.15, 0.2) is 11.5 Å². The van der Waals surface area contributed by atoms with Gasteiger partial charge < -0.3 is 14.9 Å². The zero-order chi connectivity index (χ0) is 11.8. The lowest BCUT2D eigenvalue weighted by atomic mass is 9.90. The molecule has 0 heterocycles. The zero-order valence-corrected chi connectivity index (χ0v) is 9.73. The fraction of sp³-hybridized carbons (Fsp3) is 0.538. The molecule has 88 valence electrons. The van der Waals surface area contributed by atoms with E-state index in [0.717, 1.165) is 18.4 Å². The van der Waals surface area contributed by atoms with Crippen molar-refractivity contribution in [1.29, 1.82) is 0 Å². The number of benzene rings is 1. The Morgan fingerprint density at radius 1 is 1.44 bits per heavy atom. The van der Waals surface area contributed by atoms with Gasteiger partial charge in [0.1, 0.15) is 0 Å². The lowest BCUT2D eigenvalue weighted by molar-refractivity contribution is 0.150. The molecule has 1 aromatic rings. The second-order valence-corrected chi connectivity index (χ2v) is 4.45. The van der Waals surface area contributed by atoms with Crippen LogP contribution < -0.4 is 4.74 Å². The van der Waals surface area contributed by atoms with E-state index in [9.17, 15) is 10.2 Å². The first-order chi connectivity index (χ1) is 7.60. The molecule has 1 aliphatic carbocycles. The van der Waals surface area contributed by atoms with Crippen LogP contribution in [0.2, 0.25) is 0 Å². The van der Waals surface area contributed by atoms with Crippen molar-refractivity contribution in [3.05, 3.63) is 23.8 Å². The van der Waals surface area contributed by atoms with Crippen molar-refractivity contribution in [1.82, 2.24) is 0 Å². The van der Waals surface area contributed by atoms with Gasteiger partial charge >= 0.3 is 0 Å². The van der Waals surface area contributed by atoms with Crippen molar-refractivity contribution in [3.63, 3.8) is 0 Å². The molecule has 1 unspecified atom stereocenters. The van der Waals surface area contributed by atoms with Gasteiger partial charge in [0.2, 0.25) is 0 Å². The molecule has 0 radical (unpaired) electrons. The van der Waals surface area contributed by atoms with Crippen LogP contribution in [0.4, 0.5) is 0 Å². The number of aliphatic hydroxyl groups excluding tert-OH is 1. The number of phenols is 1. The Morgan fingerprint density at radius 2 is 2.12 bits per heavy atom. The smallest absolute Gasteiger partial charge is 0.161 e. The number of hydrogen-bond acceptors (Lipinski definition) is 3. The third-order valence-corrected chi connectivity index (χ3v) is 3.42. The third kappa shape index (κ3) is 1.76. The summed E-state index contributed by atoms with van der Waals surface area (Å²) in [5, 5.41) is 19.4. The van der Waals surface area contributed by atoms with Gasteiger partial charge in [-0.1, -0.05) is 6.07 Å². The maximum atomic E-state index is 9.78. The maximum absolute atomic E-state index is 9.78. The average Bonchev–Trinajstić information content (AvgIpc) is 3.02. The highest BCUT2D eigenvalue weighted by molar-refractivity contribution is 5.46. The monoisotopic (exact) mass is 222 g/mol. The Kier molecular flexibility index (Phi) is 2.80. The van der Waals surface area contributed by atoms with Gasteiger partial charge in [-0.2, -0.15) is 0 Å². The summed E-state index contributed by atoms with van der Waals surface area (Å²) in [6.07, 6.45) is 1.65. The molecule has 1 atom stereocenters. The Labute approximate surface area is 95.7 Å². The molecule has 1 fully saturated rings. The lowest BCUT2D eigenvalue weighted by Gasteiger charge is -2.20. The number of rotatable bonds is 4. The first kappa shape index (κ1) is 11.3. The summed E-state index contributed by atoms with van der Waals surface area (Å²) in [7, 11) is 0.